The Kier molecular flexibility index (Phi) is 9.66. The Hall–Kier alpha value is -2.39. The summed E-state index contributed by atoms with van der Waals surface area (Å²) in [4.78, 5) is 14.6. The van der Waals surface area contributed by atoms with E-state index in [1.165, 1.54) is 19.5 Å². The normalized spacial score (nSPS) is 19.2. The summed E-state index contributed by atoms with van der Waals surface area (Å²) in [5, 5.41) is 5.80. The lowest BCUT2D eigenvalue weighted by Crippen LogP contribution is -2.39. The van der Waals surface area contributed by atoms with Crippen molar-refractivity contribution in [2.24, 2.45) is 11.8 Å². The number of ether oxygens (including phenoxy) is 2. The summed E-state index contributed by atoms with van der Waals surface area (Å²) in [6.45, 7) is 9.45. The topological polar surface area (TPSA) is 62.8 Å². The lowest BCUT2D eigenvalue weighted by molar-refractivity contribution is 0.139. The Morgan fingerprint density at radius 1 is 1.21 bits per heavy atom. The molecule has 29 heavy (non-hydrogen) atoms. The van der Waals surface area contributed by atoms with Gasteiger partial charge in [0.2, 0.25) is 0 Å². The molecule has 6 nitrogen and oxygen atoms in total. The number of rotatable bonds is 10. The predicted molar refractivity (Wildman–Crippen MR) is 116 cm³/mol. The minimum absolute atomic E-state index is 0.160. The van der Waals surface area contributed by atoms with Gasteiger partial charge in [0.15, 0.2) is 11.5 Å². The summed E-state index contributed by atoms with van der Waals surface area (Å²) in [6, 6.07) is 5.37. The standard InChI is InChI=1S/C23H35N3O3/c1-5-12-29-22-14-20(8-9-21(22)28-4)15-25-23(27)24-10-6-7-11-26-16-18(2)13-19(3)17-26/h1,8-9,14,18-19H,6-7,10-13,15-17H2,2-4H3,(H2,24,25,27). The second-order valence-electron chi connectivity index (χ2n) is 8.00. The number of methoxy groups -OCH3 is 1. The van der Waals surface area contributed by atoms with Gasteiger partial charge < -0.3 is 25.0 Å². The van der Waals surface area contributed by atoms with Crippen LogP contribution >= 0.6 is 0 Å². The quantitative estimate of drug-likeness (QED) is 0.467. The Bertz CT molecular complexity index is 676. The smallest absolute Gasteiger partial charge is 0.315 e. The number of piperidine rings is 1. The number of carbonyl (C=O) groups is 1. The van der Waals surface area contributed by atoms with Crippen LogP contribution in [0.3, 0.4) is 0 Å². The molecule has 6 heteroatoms. The van der Waals surface area contributed by atoms with Crippen molar-refractivity contribution in [3.63, 3.8) is 0 Å². The maximum Gasteiger partial charge on any atom is 0.315 e. The zero-order chi connectivity index (χ0) is 21.1. The number of unbranched alkanes of at least 4 members (excludes halogenated alkanes) is 1. The van der Waals surface area contributed by atoms with Crippen LogP contribution < -0.4 is 20.1 Å². The van der Waals surface area contributed by atoms with Crippen LogP contribution in [0.25, 0.3) is 0 Å². The first kappa shape index (κ1) is 22.9. The summed E-state index contributed by atoms with van der Waals surface area (Å²) in [7, 11) is 1.58. The monoisotopic (exact) mass is 401 g/mol. The first-order chi connectivity index (χ1) is 14.0. The molecule has 2 atom stereocenters. The number of nitrogens with one attached hydrogen (secondary N) is 2. The van der Waals surface area contributed by atoms with E-state index in [1.54, 1.807) is 7.11 Å². The Balaban J connectivity index is 1.64. The van der Waals surface area contributed by atoms with E-state index in [0.29, 0.717) is 24.6 Å². The van der Waals surface area contributed by atoms with Gasteiger partial charge in [-0.3, -0.25) is 0 Å². The molecule has 1 aromatic rings. The summed E-state index contributed by atoms with van der Waals surface area (Å²) < 4.78 is 10.7. The molecule has 2 rings (SSSR count). The van der Waals surface area contributed by atoms with E-state index < -0.39 is 0 Å². The van der Waals surface area contributed by atoms with Crippen molar-refractivity contribution in [1.29, 1.82) is 0 Å². The lowest BCUT2D eigenvalue weighted by Gasteiger charge is -2.34. The predicted octanol–water partition coefficient (Wildman–Crippen LogP) is 3.26. The average molecular weight is 402 g/mol. The van der Waals surface area contributed by atoms with E-state index in [1.807, 2.05) is 18.2 Å². The molecule has 1 fully saturated rings. The van der Waals surface area contributed by atoms with Gasteiger partial charge in [-0.25, -0.2) is 4.79 Å². The van der Waals surface area contributed by atoms with Gasteiger partial charge in [0.1, 0.15) is 6.61 Å². The summed E-state index contributed by atoms with van der Waals surface area (Å²) in [5.41, 5.74) is 0.918. The van der Waals surface area contributed by atoms with Crippen molar-refractivity contribution < 1.29 is 14.3 Å². The van der Waals surface area contributed by atoms with Gasteiger partial charge in [0.05, 0.1) is 7.11 Å². The number of hydrogen-bond donors (Lipinski definition) is 2. The molecule has 2 unspecified atom stereocenters. The molecule has 1 saturated heterocycles. The van der Waals surface area contributed by atoms with Gasteiger partial charge in [-0.2, -0.15) is 0 Å². The van der Waals surface area contributed by atoms with Crippen molar-refractivity contribution in [1.82, 2.24) is 15.5 Å². The van der Waals surface area contributed by atoms with E-state index in [0.717, 1.165) is 36.8 Å². The third kappa shape index (κ3) is 8.25. The molecule has 1 aliphatic rings. The first-order valence-corrected chi connectivity index (χ1v) is 10.5. The molecule has 1 heterocycles. The highest BCUT2D eigenvalue weighted by molar-refractivity contribution is 5.73. The van der Waals surface area contributed by atoms with Crippen molar-refractivity contribution in [2.45, 2.75) is 39.7 Å². The highest BCUT2D eigenvalue weighted by atomic mass is 16.5. The van der Waals surface area contributed by atoms with Gasteiger partial charge in [0.25, 0.3) is 0 Å². The van der Waals surface area contributed by atoms with E-state index in [9.17, 15) is 4.79 Å². The SMILES string of the molecule is C#CCOc1cc(CNC(=O)NCCCCN2CC(C)CC(C)C2)ccc1OC. The highest BCUT2D eigenvalue weighted by Gasteiger charge is 2.20. The van der Waals surface area contributed by atoms with Gasteiger partial charge >= 0.3 is 6.03 Å². The van der Waals surface area contributed by atoms with Crippen molar-refractivity contribution >= 4 is 6.03 Å². The van der Waals surface area contributed by atoms with Crippen molar-refractivity contribution in [3.8, 4) is 23.8 Å². The second kappa shape index (κ2) is 12.2. The van der Waals surface area contributed by atoms with Crippen LogP contribution in [0.15, 0.2) is 18.2 Å². The van der Waals surface area contributed by atoms with Crippen LogP contribution in [0.2, 0.25) is 0 Å². The molecule has 0 spiro atoms. The average Bonchev–Trinajstić information content (AvgIpc) is 2.69. The number of benzene rings is 1. The Morgan fingerprint density at radius 2 is 1.97 bits per heavy atom. The number of terminal acetylenes is 1. The highest BCUT2D eigenvalue weighted by Crippen LogP contribution is 2.28. The van der Waals surface area contributed by atoms with Crippen LogP contribution in [0, 0.1) is 24.2 Å². The van der Waals surface area contributed by atoms with Gasteiger partial charge in [-0.1, -0.05) is 25.8 Å². The number of hydrogen-bond acceptors (Lipinski definition) is 4. The molecule has 0 radical (unpaired) electrons. The van der Waals surface area contributed by atoms with Gasteiger partial charge in [0, 0.05) is 26.2 Å². The fourth-order valence-electron chi connectivity index (χ4n) is 3.95. The number of urea groups is 1. The molecule has 160 valence electrons. The zero-order valence-electron chi connectivity index (χ0n) is 18.0. The summed E-state index contributed by atoms with van der Waals surface area (Å²) in [5.74, 6) is 5.21. The van der Waals surface area contributed by atoms with Gasteiger partial charge in [-0.15, -0.1) is 6.42 Å². The summed E-state index contributed by atoms with van der Waals surface area (Å²) >= 11 is 0. The summed E-state index contributed by atoms with van der Waals surface area (Å²) in [6.07, 6.45) is 8.67. The van der Waals surface area contributed by atoms with Crippen LogP contribution in [0.4, 0.5) is 4.79 Å². The van der Waals surface area contributed by atoms with Gasteiger partial charge in [-0.05, 0) is 55.3 Å². The second-order valence-corrected chi connectivity index (χ2v) is 8.00. The molecule has 0 saturated carbocycles. The molecule has 1 aromatic carbocycles. The Morgan fingerprint density at radius 3 is 2.66 bits per heavy atom. The maximum absolute atomic E-state index is 12.0. The van der Waals surface area contributed by atoms with Crippen LogP contribution in [-0.4, -0.2) is 50.8 Å². The molecule has 1 aliphatic heterocycles. The van der Waals surface area contributed by atoms with E-state index >= 15 is 0 Å². The molecule has 2 N–H and O–H groups in total. The number of amides is 2. The third-order valence-electron chi connectivity index (χ3n) is 5.12. The molecule has 2 amide bonds. The first-order valence-electron chi connectivity index (χ1n) is 10.5. The van der Waals surface area contributed by atoms with Crippen LogP contribution in [-0.2, 0) is 6.54 Å². The minimum atomic E-state index is -0.160. The molecule has 0 bridgehead atoms. The fraction of sp³-hybridized carbons (Fsp3) is 0.609. The van der Waals surface area contributed by atoms with E-state index in [-0.39, 0.29) is 12.6 Å². The lowest BCUT2D eigenvalue weighted by atomic mass is 9.92. The molecule has 0 aromatic heterocycles. The zero-order valence-corrected chi connectivity index (χ0v) is 18.0. The van der Waals surface area contributed by atoms with E-state index in [2.05, 4.69) is 35.3 Å². The molecule has 0 aliphatic carbocycles. The molecular formula is C23H35N3O3. The largest absolute Gasteiger partial charge is 0.493 e. The van der Waals surface area contributed by atoms with Crippen molar-refractivity contribution in [3.05, 3.63) is 23.8 Å². The van der Waals surface area contributed by atoms with E-state index in [4.69, 9.17) is 15.9 Å². The minimum Gasteiger partial charge on any atom is -0.493 e. The fourth-order valence-corrected chi connectivity index (χ4v) is 3.95. The Labute approximate surface area is 175 Å². The number of likely N-dealkylation sites (tertiary alicyclic amines) is 1. The van der Waals surface area contributed by atoms with Crippen LogP contribution in [0.1, 0.15) is 38.7 Å². The maximum atomic E-state index is 12.0. The molecular weight excluding hydrogens is 366 g/mol. The number of nitrogens with zero attached hydrogens (tertiary/aromatic N) is 1. The van der Waals surface area contributed by atoms with Crippen LogP contribution in [0.5, 0.6) is 11.5 Å². The van der Waals surface area contributed by atoms with Crippen molar-refractivity contribution in [2.75, 3.05) is 39.9 Å². The number of carbonyl (C=O) groups excluding carboxylic acids is 1. The third-order valence-corrected chi connectivity index (χ3v) is 5.12.